The highest BCUT2D eigenvalue weighted by molar-refractivity contribution is 7.18. The smallest absolute Gasteiger partial charge is 0.105 e. The van der Waals surface area contributed by atoms with Gasteiger partial charge in [-0.25, -0.2) is 4.98 Å². The van der Waals surface area contributed by atoms with E-state index in [0.717, 1.165) is 10.5 Å². The van der Waals surface area contributed by atoms with Gasteiger partial charge >= 0.3 is 0 Å². The highest BCUT2D eigenvalue weighted by Gasteiger charge is 2.11. The number of nitrogens with zero attached hydrogens (tertiary/aromatic N) is 2. The summed E-state index contributed by atoms with van der Waals surface area (Å²) in [5.74, 6) is 0.561. The minimum absolute atomic E-state index is 0.561. The molecule has 1 aromatic carbocycles. The van der Waals surface area contributed by atoms with Gasteiger partial charge in [0.1, 0.15) is 5.52 Å². The number of anilines is 1. The summed E-state index contributed by atoms with van der Waals surface area (Å²) in [5.41, 5.74) is 3.75. The van der Waals surface area contributed by atoms with Gasteiger partial charge in [0.2, 0.25) is 0 Å². The number of aromatic nitrogens is 1. The first-order valence-corrected chi connectivity index (χ1v) is 6.39. The maximum atomic E-state index is 4.61. The van der Waals surface area contributed by atoms with Gasteiger partial charge in [0.05, 0.1) is 15.4 Å². The second kappa shape index (κ2) is 4.06. The lowest BCUT2D eigenvalue weighted by Crippen LogP contribution is -2.09. The fraction of sp³-hybridized carbons (Fsp3) is 0.462. The zero-order valence-corrected chi connectivity index (χ0v) is 11.4. The van der Waals surface area contributed by atoms with Crippen LogP contribution in [0.2, 0.25) is 0 Å². The molecule has 16 heavy (non-hydrogen) atoms. The molecule has 0 amide bonds. The van der Waals surface area contributed by atoms with Gasteiger partial charge in [-0.3, -0.25) is 0 Å². The summed E-state index contributed by atoms with van der Waals surface area (Å²) in [6.45, 7) is 6.53. The van der Waals surface area contributed by atoms with Crippen LogP contribution in [0.5, 0.6) is 0 Å². The van der Waals surface area contributed by atoms with E-state index >= 15 is 0 Å². The monoisotopic (exact) mass is 234 g/mol. The lowest BCUT2D eigenvalue weighted by molar-refractivity contribution is 0.867. The van der Waals surface area contributed by atoms with E-state index in [1.807, 2.05) is 0 Å². The van der Waals surface area contributed by atoms with Gasteiger partial charge in [0.25, 0.3) is 0 Å². The summed E-state index contributed by atoms with van der Waals surface area (Å²) in [6.07, 6.45) is 0. The molecule has 0 bridgehead atoms. The predicted molar refractivity (Wildman–Crippen MR) is 72.8 cm³/mol. The van der Waals surface area contributed by atoms with Crippen LogP contribution >= 0.6 is 11.3 Å². The van der Waals surface area contributed by atoms with Crippen molar-refractivity contribution in [3.63, 3.8) is 0 Å². The number of fused-ring (bicyclic) bond motifs is 1. The fourth-order valence-corrected chi connectivity index (χ4v) is 2.71. The third-order valence-corrected chi connectivity index (χ3v) is 3.67. The van der Waals surface area contributed by atoms with Crippen LogP contribution in [0, 0.1) is 6.92 Å². The first-order chi connectivity index (χ1) is 7.49. The van der Waals surface area contributed by atoms with Crippen molar-refractivity contribution in [3.05, 3.63) is 22.7 Å². The van der Waals surface area contributed by atoms with Crippen LogP contribution in [0.3, 0.4) is 0 Å². The average Bonchev–Trinajstić information content (AvgIpc) is 2.55. The molecule has 0 aliphatic rings. The quantitative estimate of drug-likeness (QED) is 0.786. The molecule has 0 atom stereocenters. The number of hydrogen-bond acceptors (Lipinski definition) is 3. The van der Waals surface area contributed by atoms with Crippen LogP contribution in [0.15, 0.2) is 12.1 Å². The molecule has 0 aliphatic carbocycles. The third kappa shape index (κ3) is 1.92. The molecule has 3 heteroatoms. The fourth-order valence-electron chi connectivity index (χ4n) is 1.82. The van der Waals surface area contributed by atoms with Crippen molar-refractivity contribution in [2.24, 2.45) is 0 Å². The number of thiazole rings is 1. The first-order valence-electron chi connectivity index (χ1n) is 5.57. The first kappa shape index (κ1) is 11.4. The van der Waals surface area contributed by atoms with E-state index in [9.17, 15) is 0 Å². The summed E-state index contributed by atoms with van der Waals surface area (Å²) < 4.78 is 1.30. The summed E-state index contributed by atoms with van der Waals surface area (Å²) in [5, 5.41) is 1.14. The minimum Gasteiger partial charge on any atom is -0.376 e. The van der Waals surface area contributed by atoms with E-state index in [0.29, 0.717) is 5.92 Å². The largest absolute Gasteiger partial charge is 0.376 e. The van der Waals surface area contributed by atoms with Crippen LogP contribution in [-0.4, -0.2) is 19.1 Å². The van der Waals surface area contributed by atoms with E-state index in [2.05, 4.69) is 56.9 Å². The SMILES string of the molecule is Cc1nc2c(N(C)C)cc(C(C)C)cc2s1. The number of aryl methyl sites for hydroxylation is 1. The van der Waals surface area contributed by atoms with Crippen molar-refractivity contribution in [3.8, 4) is 0 Å². The maximum Gasteiger partial charge on any atom is 0.105 e. The summed E-state index contributed by atoms with van der Waals surface area (Å²) in [6, 6.07) is 4.53. The van der Waals surface area contributed by atoms with E-state index < -0.39 is 0 Å². The molecular weight excluding hydrogens is 216 g/mol. The van der Waals surface area contributed by atoms with E-state index in [1.165, 1.54) is 16.0 Å². The predicted octanol–water partition coefficient (Wildman–Crippen LogP) is 3.79. The second-order valence-corrected chi connectivity index (χ2v) is 5.90. The summed E-state index contributed by atoms with van der Waals surface area (Å²) in [4.78, 5) is 6.76. The van der Waals surface area contributed by atoms with Crippen LogP contribution in [-0.2, 0) is 0 Å². The number of hydrogen-bond donors (Lipinski definition) is 0. The lowest BCUT2D eigenvalue weighted by atomic mass is 10.0. The van der Waals surface area contributed by atoms with Crippen LogP contribution in [0.4, 0.5) is 5.69 Å². The molecule has 0 N–H and O–H groups in total. The van der Waals surface area contributed by atoms with Crippen LogP contribution < -0.4 is 4.90 Å². The van der Waals surface area contributed by atoms with Gasteiger partial charge in [-0.1, -0.05) is 13.8 Å². The van der Waals surface area contributed by atoms with Gasteiger partial charge < -0.3 is 4.90 Å². The standard InChI is InChI=1S/C13H18N2S/c1-8(2)10-6-11(15(4)5)13-12(7-10)16-9(3)14-13/h6-8H,1-5H3. The third-order valence-electron chi connectivity index (χ3n) is 2.75. The Bertz CT molecular complexity index is 512. The Labute approximate surface area is 101 Å². The van der Waals surface area contributed by atoms with Crippen molar-refractivity contribution in [1.82, 2.24) is 4.98 Å². The normalized spacial score (nSPS) is 11.4. The van der Waals surface area contributed by atoms with Gasteiger partial charge in [-0.15, -0.1) is 11.3 Å². The Morgan fingerprint density at radius 2 is 1.94 bits per heavy atom. The highest BCUT2D eigenvalue weighted by Crippen LogP contribution is 2.33. The zero-order valence-electron chi connectivity index (χ0n) is 10.5. The molecule has 0 radical (unpaired) electrons. The zero-order chi connectivity index (χ0) is 11.9. The molecular formula is C13H18N2S. The van der Waals surface area contributed by atoms with Gasteiger partial charge in [-0.2, -0.15) is 0 Å². The molecule has 0 aliphatic heterocycles. The van der Waals surface area contributed by atoms with E-state index in [4.69, 9.17) is 0 Å². The Kier molecular flexibility index (Phi) is 2.89. The Balaban J connectivity index is 2.73. The van der Waals surface area contributed by atoms with Crippen molar-refractivity contribution in [1.29, 1.82) is 0 Å². The Hall–Kier alpha value is -1.09. The van der Waals surface area contributed by atoms with E-state index in [-0.39, 0.29) is 0 Å². The van der Waals surface area contributed by atoms with Crippen LogP contribution in [0.25, 0.3) is 10.2 Å². The molecule has 86 valence electrons. The Morgan fingerprint density at radius 3 is 2.50 bits per heavy atom. The Morgan fingerprint density at radius 1 is 1.25 bits per heavy atom. The molecule has 1 aromatic heterocycles. The van der Waals surface area contributed by atoms with Crippen molar-refractivity contribution >= 4 is 27.2 Å². The highest BCUT2D eigenvalue weighted by atomic mass is 32.1. The van der Waals surface area contributed by atoms with Gasteiger partial charge in [0, 0.05) is 14.1 Å². The summed E-state index contributed by atoms with van der Waals surface area (Å²) in [7, 11) is 4.15. The minimum atomic E-state index is 0.561. The van der Waals surface area contributed by atoms with Gasteiger partial charge in [-0.05, 0) is 30.5 Å². The number of rotatable bonds is 2. The number of benzene rings is 1. The molecule has 1 heterocycles. The molecule has 2 rings (SSSR count). The van der Waals surface area contributed by atoms with Gasteiger partial charge in [0.15, 0.2) is 0 Å². The molecule has 0 saturated heterocycles. The summed E-state index contributed by atoms with van der Waals surface area (Å²) >= 11 is 1.78. The molecule has 2 nitrogen and oxygen atoms in total. The maximum absolute atomic E-state index is 4.61. The van der Waals surface area contributed by atoms with E-state index in [1.54, 1.807) is 11.3 Å². The van der Waals surface area contributed by atoms with Crippen molar-refractivity contribution in [2.75, 3.05) is 19.0 Å². The molecule has 0 saturated carbocycles. The van der Waals surface area contributed by atoms with Crippen LogP contribution in [0.1, 0.15) is 30.3 Å². The lowest BCUT2D eigenvalue weighted by Gasteiger charge is -2.16. The molecule has 0 unspecified atom stereocenters. The average molecular weight is 234 g/mol. The van der Waals surface area contributed by atoms with Crippen molar-refractivity contribution in [2.45, 2.75) is 26.7 Å². The molecule has 0 fully saturated rings. The van der Waals surface area contributed by atoms with Crippen molar-refractivity contribution < 1.29 is 0 Å². The molecule has 0 spiro atoms. The second-order valence-electron chi connectivity index (χ2n) is 4.67. The topological polar surface area (TPSA) is 16.1 Å². The molecule has 2 aromatic rings.